The number of benzene rings is 1. The summed E-state index contributed by atoms with van der Waals surface area (Å²) in [5.74, 6) is -1.16. The Bertz CT molecular complexity index is 623. The van der Waals surface area contributed by atoms with Gasteiger partial charge in [-0.15, -0.1) is 0 Å². The van der Waals surface area contributed by atoms with E-state index >= 15 is 0 Å². The third-order valence-corrected chi connectivity index (χ3v) is 4.08. The molecule has 2 aliphatic rings. The van der Waals surface area contributed by atoms with E-state index in [2.05, 4.69) is 0 Å². The van der Waals surface area contributed by atoms with Gasteiger partial charge >= 0.3 is 5.97 Å². The van der Waals surface area contributed by atoms with Crippen molar-refractivity contribution in [2.75, 3.05) is 26.3 Å². The minimum absolute atomic E-state index is 0.0256. The molecule has 23 heavy (non-hydrogen) atoms. The lowest BCUT2D eigenvalue weighted by atomic mass is 9.93. The van der Waals surface area contributed by atoms with Crippen LogP contribution >= 0.6 is 0 Å². The van der Waals surface area contributed by atoms with E-state index < -0.39 is 22.9 Å². The second-order valence-electron chi connectivity index (χ2n) is 5.51. The van der Waals surface area contributed by atoms with E-state index in [9.17, 15) is 19.7 Å². The van der Waals surface area contributed by atoms with Crippen LogP contribution in [0, 0.1) is 16.0 Å². The molecule has 0 aromatic heterocycles. The molecule has 1 aromatic rings. The van der Waals surface area contributed by atoms with Crippen molar-refractivity contribution in [1.29, 1.82) is 0 Å². The fourth-order valence-corrected chi connectivity index (χ4v) is 2.88. The Hall–Kier alpha value is -2.48. The van der Waals surface area contributed by atoms with Gasteiger partial charge < -0.3 is 14.4 Å². The Morgan fingerprint density at radius 3 is 2.48 bits per heavy atom. The van der Waals surface area contributed by atoms with Crippen LogP contribution in [0.25, 0.3) is 0 Å². The van der Waals surface area contributed by atoms with Crippen molar-refractivity contribution in [3.63, 3.8) is 0 Å². The first-order valence-electron chi connectivity index (χ1n) is 7.36. The molecule has 2 unspecified atom stereocenters. The van der Waals surface area contributed by atoms with Crippen molar-refractivity contribution >= 4 is 17.6 Å². The summed E-state index contributed by atoms with van der Waals surface area (Å²) < 4.78 is 10.5. The average Bonchev–Trinajstić information content (AvgIpc) is 2.97. The maximum atomic E-state index is 12.6. The molecular formula is C15H16N2O6. The molecule has 2 aliphatic heterocycles. The molecule has 0 aliphatic carbocycles. The molecule has 2 heterocycles. The molecule has 2 fully saturated rings. The third kappa shape index (κ3) is 3.16. The van der Waals surface area contributed by atoms with Crippen LogP contribution in [0.4, 0.5) is 5.69 Å². The highest BCUT2D eigenvalue weighted by Crippen LogP contribution is 2.37. The summed E-state index contributed by atoms with van der Waals surface area (Å²) in [6, 6.07) is 5.75. The number of cyclic esters (lactones) is 1. The van der Waals surface area contributed by atoms with E-state index in [0.29, 0.717) is 31.9 Å². The number of rotatable bonds is 3. The molecular weight excluding hydrogens is 304 g/mol. The summed E-state index contributed by atoms with van der Waals surface area (Å²) in [5.41, 5.74) is 0.544. The molecule has 0 N–H and O–H groups in total. The van der Waals surface area contributed by atoms with E-state index in [1.165, 1.54) is 24.3 Å². The number of morpholine rings is 1. The average molecular weight is 320 g/mol. The molecule has 8 heteroatoms. The molecule has 122 valence electrons. The van der Waals surface area contributed by atoms with Gasteiger partial charge in [0.2, 0.25) is 5.91 Å². The maximum Gasteiger partial charge on any atom is 0.307 e. The van der Waals surface area contributed by atoms with Gasteiger partial charge in [0.25, 0.3) is 5.69 Å². The molecule has 0 spiro atoms. The molecule has 0 saturated carbocycles. The Balaban J connectivity index is 1.80. The van der Waals surface area contributed by atoms with Crippen LogP contribution in [0.5, 0.6) is 0 Å². The highest BCUT2D eigenvalue weighted by molar-refractivity contribution is 5.87. The first kappa shape index (κ1) is 15.4. The number of carbonyl (C=O) groups excluding carboxylic acids is 2. The first-order chi connectivity index (χ1) is 11.1. The highest BCUT2D eigenvalue weighted by atomic mass is 16.6. The van der Waals surface area contributed by atoms with Crippen molar-refractivity contribution in [3.8, 4) is 0 Å². The molecule has 2 atom stereocenters. The lowest BCUT2D eigenvalue weighted by Gasteiger charge is -2.30. The smallest absolute Gasteiger partial charge is 0.307 e. The van der Waals surface area contributed by atoms with Gasteiger partial charge in [-0.3, -0.25) is 19.7 Å². The number of amides is 1. The molecule has 0 radical (unpaired) electrons. The number of nitro groups is 1. The van der Waals surface area contributed by atoms with Gasteiger partial charge in [-0.25, -0.2) is 0 Å². The highest BCUT2D eigenvalue weighted by Gasteiger charge is 2.42. The number of nitrogens with zero attached hydrogens (tertiary/aromatic N) is 2. The van der Waals surface area contributed by atoms with Crippen LogP contribution in [0.3, 0.4) is 0 Å². The molecule has 1 aromatic carbocycles. The number of nitro benzene ring substituents is 1. The van der Waals surface area contributed by atoms with Gasteiger partial charge in [-0.05, 0) is 17.7 Å². The van der Waals surface area contributed by atoms with Gasteiger partial charge in [0.1, 0.15) is 6.10 Å². The van der Waals surface area contributed by atoms with Gasteiger partial charge in [0.15, 0.2) is 0 Å². The summed E-state index contributed by atoms with van der Waals surface area (Å²) in [5, 5.41) is 10.7. The van der Waals surface area contributed by atoms with Gasteiger partial charge in [-0.2, -0.15) is 0 Å². The molecule has 1 amide bonds. The zero-order chi connectivity index (χ0) is 16.4. The van der Waals surface area contributed by atoms with Crippen molar-refractivity contribution in [2.45, 2.75) is 12.5 Å². The number of carbonyl (C=O) groups is 2. The summed E-state index contributed by atoms with van der Waals surface area (Å²) >= 11 is 0. The van der Waals surface area contributed by atoms with Gasteiger partial charge in [-0.1, -0.05) is 0 Å². The monoisotopic (exact) mass is 320 g/mol. The zero-order valence-electron chi connectivity index (χ0n) is 12.3. The van der Waals surface area contributed by atoms with E-state index in [-0.39, 0.29) is 18.0 Å². The van der Waals surface area contributed by atoms with Crippen LogP contribution in [-0.4, -0.2) is 48.0 Å². The third-order valence-electron chi connectivity index (χ3n) is 4.08. The molecule has 8 nitrogen and oxygen atoms in total. The molecule has 2 saturated heterocycles. The van der Waals surface area contributed by atoms with Gasteiger partial charge in [0.05, 0.1) is 30.5 Å². The number of hydrogen-bond donors (Lipinski definition) is 0. The number of ether oxygens (including phenoxy) is 2. The Morgan fingerprint density at radius 2 is 1.87 bits per heavy atom. The lowest BCUT2D eigenvalue weighted by Crippen LogP contribution is -2.44. The van der Waals surface area contributed by atoms with Gasteiger partial charge in [0, 0.05) is 25.2 Å². The van der Waals surface area contributed by atoms with E-state index in [1.807, 2.05) is 0 Å². The molecule has 0 bridgehead atoms. The van der Waals surface area contributed by atoms with Crippen molar-refractivity contribution < 1.29 is 24.0 Å². The summed E-state index contributed by atoms with van der Waals surface area (Å²) in [7, 11) is 0. The van der Waals surface area contributed by atoms with Crippen molar-refractivity contribution in [1.82, 2.24) is 4.90 Å². The van der Waals surface area contributed by atoms with Crippen LogP contribution < -0.4 is 0 Å². The fourth-order valence-electron chi connectivity index (χ4n) is 2.88. The van der Waals surface area contributed by atoms with E-state index in [1.54, 1.807) is 4.90 Å². The zero-order valence-corrected chi connectivity index (χ0v) is 12.3. The first-order valence-corrected chi connectivity index (χ1v) is 7.36. The predicted octanol–water partition coefficient (Wildman–Crippen LogP) is 1.06. The quantitative estimate of drug-likeness (QED) is 0.469. The Kier molecular flexibility index (Phi) is 4.24. The van der Waals surface area contributed by atoms with E-state index in [0.717, 1.165) is 0 Å². The van der Waals surface area contributed by atoms with Crippen LogP contribution in [0.15, 0.2) is 24.3 Å². The minimum Gasteiger partial charge on any atom is -0.457 e. The van der Waals surface area contributed by atoms with Crippen LogP contribution in [0.2, 0.25) is 0 Å². The number of hydrogen-bond acceptors (Lipinski definition) is 6. The SMILES string of the molecule is O=C1CC(C(=O)N2CCOCC2)C(c2ccc([N+](=O)[O-])cc2)O1. The van der Waals surface area contributed by atoms with Crippen LogP contribution in [-0.2, 0) is 19.1 Å². The Labute approximate surface area is 132 Å². The van der Waals surface area contributed by atoms with Crippen LogP contribution in [0.1, 0.15) is 18.1 Å². The predicted molar refractivity (Wildman–Crippen MR) is 77.4 cm³/mol. The number of non-ortho nitro benzene ring substituents is 1. The number of esters is 1. The normalized spacial score (nSPS) is 24.3. The molecule has 3 rings (SSSR count). The minimum atomic E-state index is -0.696. The maximum absolute atomic E-state index is 12.6. The summed E-state index contributed by atoms with van der Waals surface area (Å²) in [4.78, 5) is 36.2. The topological polar surface area (TPSA) is 99.0 Å². The lowest BCUT2D eigenvalue weighted by molar-refractivity contribution is -0.384. The summed E-state index contributed by atoms with van der Waals surface area (Å²) in [6.45, 7) is 1.96. The van der Waals surface area contributed by atoms with E-state index in [4.69, 9.17) is 9.47 Å². The fraction of sp³-hybridized carbons (Fsp3) is 0.467. The Morgan fingerprint density at radius 1 is 1.22 bits per heavy atom. The van der Waals surface area contributed by atoms with Crippen molar-refractivity contribution in [2.24, 2.45) is 5.92 Å². The standard InChI is InChI=1S/C15H16N2O6/c18-13-9-12(15(19)16-5-7-22-8-6-16)14(23-13)10-1-3-11(4-2-10)17(20)21/h1-4,12,14H,5-9H2. The summed E-state index contributed by atoms with van der Waals surface area (Å²) in [6.07, 6.45) is -0.670. The second-order valence-corrected chi connectivity index (χ2v) is 5.51. The van der Waals surface area contributed by atoms with Crippen molar-refractivity contribution in [3.05, 3.63) is 39.9 Å². The second kappa shape index (κ2) is 6.33. The largest absolute Gasteiger partial charge is 0.457 e.